The Kier molecular flexibility index (Phi) is 9.66. The van der Waals surface area contributed by atoms with Gasteiger partial charge in [0.15, 0.2) is 0 Å². The maximum atomic E-state index is 11.3. The van der Waals surface area contributed by atoms with Crippen LogP contribution in [0.2, 0.25) is 0 Å². The molecule has 0 amide bonds. The first-order valence-electron chi connectivity index (χ1n) is 5.58. The standard InChI is InChI=1S/C12H22N2O2/c1-3-5-11(4-2)10-16-12(15)6-8-14-9-7-13/h3-5,14H,6-10,13H2,1-2H3/b5-3-,11-4+. The fourth-order valence-corrected chi connectivity index (χ4v) is 1.10. The number of esters is 1. The van der Waals surface area contributed by atoms with Crippen molar-refractivity contribution in [3.05, 3.63) is 23.8 Å². The molecule has 92 valence electrons. The van der Waals surface area contributed by atoms with Crippen molar-refractivity contribution in [1.29, 1.82) is 0 Å². The fourth-order valence-electron chi connectivity index (χ4n) is 1.10. The monoisotopic (exact) mass is 226 g/mol. The predicted octanol–water partition coefficient (Wildman–Crippen LogP) is 0.990. The quantitative estimate of drug-likeness (QED) is 0.368. The lowest BCUT2D eigenvalue weighted by Gasteiger charge is -2.06. The zero-order valence-electron chi connectivity index (χ0n) is 10.2. The van der Waals surface area contributed by atoms with Crippen molar-refractivity contribution in [3.8, 4) is 0 Å². The van der Waals surface area contributed by atoms with Gasteiger partial charge in [-0.15, -0.1) is 0 Å². The summed E-state index contributed by atoms with van der Waals surface area (Å²) >= 11 is 0. The second-order valence-corrected chi connectivity index (χ2v) is 3.31. The van der Waals surface area contributed by atoms with Crippen molar-refractivity contribution in [3.63, 3.8) is 0 Å². The summed E-state index contributed by atoms with van der Waals surface area (Å²) in [5, 5.41) is 3.04. The summed E-state index contributed by atoms with van der Waals surface area (Å²) in [7, 11) is 0. The summed E-state index contributed by atoms with van der Waals surface area (Å²) in [5.41, 5.74) is 6.31. The Morgan fingerprint density at radius 3 is 2.69 bits per heavy atom. The van der Waals surface area contributed by atoms with Gasteiger partial charge in [-0.1, -0.05) is 18.2 Å². The lowest BCUT2D eigenvalue weighted by molar-refractivity contribution is -0.142. The second-order valence-electron chi connectivity index (χ2n) is 3.31. The highest BCUT2D eigenvalue weighted by Crippen LogP contribution is 1.99. The number of nitrogens with one attached hydrogen (secondary N) is 1. The first-order valence-corrected chi connectivity index (χ1v) is 5.58. The molecule has 0 fully saturated rings. The maximum absolute atomic E-state index is 11.3. The average molecular weight is 226 g/mol. The van der Waals surface area contributed by atoms with Crippen LogP contribution in [0.3, 0.4) is 0 Å². The molecular weight excluding hydrogens is 204 g/mol. The molecule has 0 bridgehead atoms. The third-order valence-corrected chi connectivity index (χ3v) is 1.98. The van der Waals surface area contributed by atoms with E-state index in [9.17, 15) is 4.79 Å². The van der Waals surface area contributed by atoms with Gasteiger partial charge in [-0.05, 0) is 19.4 Å². The molecular formula is C12H22N2O2. The maximum Gasteiger partial charge on any atom is 0.307 e. The number of rotatable bonds is 8. The Balaban J connectivity index is 3.64. The minimum Gasteiger partial charge on any atom is -0.461 e. The van der Waals surface area contributed by atoms with Crippen LogP contribution in [0, 0.1) is 0 Å². The molecule has 0 heterocycles. The summed E-state index contributed by atoms with van der Waals surface area (Å²) in [6.45, 7) is 6.13. The summed E-state index contributed by atoms with van der Waals surface area (Å²) in [6.07, 6.45) is 6.17. The molecule has 0 aliphatic heterocycles. The molecule has 0 aliphatic rings. The molecule has 0 aromatic rings. The SMILES string of the molecule is C/C=C\C(=C/C)COC(=O)CCNCCN. The van der Waals surface area contributed by atoms with E-state index in [1.165, 1.54) is 0 Å². The average Bonchev–Trinajstić information content (AvgIpc) is 2.30. The van der Waals surface area contributed by atoms with Gasteiger partial charge in [-0.3, -0.25) is 4.79 Å². The minimum absolute atomic E-state index is 0.187. The third kappa shape index (κ3) is 8.20. The normalized spacial score (nSPS) is 12.1. The predicted molar refractivity (Wildman–Crippen MR) is 66.1 cm³/mol. The molecule has 0 aliphatic carbocycles. The van der Waals surface area contributed by atoms with E-state index < -0.39 is 0 Å². The van der Waals surface area contributed by atoms with Gasteiger partial charge in [-0.25, -0.2) is 0 Å². The van der Waals surface area contributed by atoms with Gasteiger partial charge in [0.1, 0.15) is 6.61 Å². The van der Waals surface area contributed by atoms with E-state index in [0.29, 0.717) is 26.1 Å². The number of hydrogen-bond acceptors (Lipinski definition) is 4. The molecule has 0 saturated carbocycles. The number of carbonyl (C=O) groups is 1. The highest BCUT2D eigenvalue weighted by molar-refractivity contribution is 5.69. The Morgan fingerprint density at radius 1 is 1.38 bits per heavy atom. The second kappa shape index (κ2) is 10.4. The van der Waals surface area contributed by atoms with Crippen molar-refractivity contribution in [2.75, 3.05) is 26.2 Å². The fraction of sp³-hybridized carbons (Fsp3) is 0.583. The number of carbonyl (C=O) groups excluding carboxylic acids is 1. The Labute approximate surface area is 97.5 Å². The molecule has 4 nitrogen and oxygen atoms in total. The summed E-state index contributed by atoms with van der Waals surface area (Å²) in [4.78, 5) is 11.3. The van der Waals surface area contributed by atoms with Crippen molar-refractivity contribution in [2.45, 2.75) is 20.3 Å². The highest BCUT2D eigenvalue weighted by Gasteiger charge is 2.02. The zero-order chi connectivity index (χ0) is 12.2. The van der Waals surface area contributed by atoms with Crippen LogP contribution in [0.5, 0.6) is 0 Å². The van der Waals surface area contributed by atoms with E-state index >= 15 is 0 Å². The van der Waals surface area contributed by atoms with Gasteiger partial charge in [0, 0.05) is 19.6 Å². The number of ether oxygens (including phenoxy) is 1. The van der Waals surface area contributed by atoms with Crippen LogP contribution in [0.15, 0.2) is 23.8 Å². The molecule has 16 heavy (non-hydrogen) atoms. The van der Waals surface area contributed by atoms with Gasteiger partial charge in [-0.2, -0.15) is 0 Å². The highest BCUT2D eigenvalue weighted by atomic mass is 16.5. The first-order chi connectivity index (χ1) is 7.74. The largest absolute Gasteiger partial charge is 0.461 e. The number of nitrogens with two attached hydrogens (primary N) is 1. The van der Waals surface area contributed by atoms with E-state index in [0.717, 1.165) is 12.1 Å². The molecule has 0 spiro atoms. The van der Waals surface area contributed by atoms with E-state index in [1.54, 1.807) is 0 Å². The van der Waals surface area contributed by atoms with Crippen LogP contribution in [0.4, 0.5) is 0 Å². The number of allylic oxidation sites excluding steroid dienone is 2. The first kappa shape index (κ1) is 14.9. The van der Waals surface area contributed by atoms with Crippen molar-refractivity contribution in [2.24, 2.45) is 5.73 Å². The number of hydrogen-bond donors (Lipinski definition) is 2. The Bertz CT molecular complexity index is 247. The molecule has 4 heteroatoms. The van der Waals surface area contributed by atoms with Crippen molar-refractivity contribution < 1.29 is 9.53 Å². The van der Waals surface area contributed by atoms with Crippen LogP contribution in [0.25, 0.3) is 0 Å². The Morgan fingerprint density at radius 2 is 2.12 bits per heavy atom. The lowest BCUT2D eigenvalue weighted by atomic mass is 10.2. The molecule has 0 aromatic heterocycles. The van der Waals surface area contributed by atoms with Crippen LogP contribution in [-0.2, 0) is 9.53 Å². The molecule has 0 radical (unpaired) electrons. The molecule has 0 aromatic carbocycles. The van der Waals surface area contributed by atoms with Crippen LogP contribution >= 0.6 is 0 Å². The summed E-state index contributed by atoms with van der Waals surface area (Å²) in [6, 6.07) is 0. The molecule has 3 N–H and O–H groups in total. The van der Waals surface area contributed by atoms with Gasteiger partial charge >= 0.3 is 5.97 Å². The Hall–Kier alpha value is -1.13. The van der Waals surface area contributed by atoms with Crippen molar-refractivity contribution >= 4 is 5.97 Å². The van der Waals surface area contributed by atoms with Gasteiger partial charge in [0.25, 0.3) is 0 Å². The van der Waals surface area contributed by atoms with Crippen LogP contribution in [0.1, 0.15) is 20.3 Å². The molecule has 0 rings (SSSR count). The van der Waals surface area contributed by atoms with E-state index in [2.05, 4.69) is 5.32 Å². The summed E-state index contributed by atoms with van der Waals surface area (Å²) < 4.78 is 5.10. The molecule has 0 saturated heterocycles. The zero-order valence-corrected chi connectivity index (χ0v) is 10.2. The molecule has 0 atom stereocenters. The topological polar surface area (TPSA) is 64.3 Å². The smallest absolute Gasteiger partial charge is 0.307 e. The van der Waals surface area contributed by atoms with Crippen LogP contribution in [-0.4, -0.2) is 32.2 Å². The van der Waals surface area contributed by atoms with E-state index in [1.807, 2.05) is 32.1 Å². The minimum atomic E-state index is -0.187. The van der Waals surface area contributed by atoms with Crippen LogP contribution < -0.4 is 11.1 Å². The summed E-state index contributed by atoms with van der Waals surface area (Å²) in [5.74, 6) is -0.187. The lowest BCUT2D eigenvalue weighted by Crippen LogP contribution is -2.25. The van der Waals surface area contributed by atoms with Crippen molar-refractivity contribution in [1.82, 2.24) is 5.32 Å². The van der Waals surface area contributed by atoms with Gasteiger partial charge < -0.3 is 15.8 Å². The third-order valence-electron chi connectivity index (χ3n) is 1.98. The van der Waals surface area contributed by atoms with Gasteiger partial charge in [0.2, 0.25) is 0 Å². The van der Waals surface area contributed by atoms with E-state index in [4.69, 9.17) is 10.5 Å². The van der Waals surface area contributed by atoms with Gasteiger partial charge in [0.05, 0.1) is 6.42 Å². The van der Waals surface area contributed by atoms with E-state index in [-0.39, 0.29) is 5.97 Å². The molecule has 0 unspecified atom stereocenters.